The Morgan fingerprint density at radius 1 is 1.20 bits per heavy atom. The summed E-state index contributed by atoms with van der Waals surface area (Å²) in [7, 11) is 1.74. The zero-order chi connectivity index (χ0) is 11.8. The fourth-order valence-electron chi connectivity index (χ4n) is 1.09. The minimum atomic E-state index is -0.829. The minimum Gasteiger partial charge on any atom is -0.481 e. The van der Waals surface area contributed by atoms with Crippen LogP contribution in [0.1, 0.15) is 20.3 Å². The maximum atomic E-state index is 11.5. The number of carboxylic acids is 1. The molecule has 0 atom stereocenters. The van der Waals surface area contributed by atoms with Crippen molar-refractivity contribution in [3.63, 3.8) is 0 Å². The molecule has 0 rings (SSSR count). The van der Waals surface area contributed by atoms with Crippen LogP contribution in [0, 0.1) is 0 Å². The molecule has 1 amide bonds. The molecule has 0 heterocycles. The van der Waals surface area contributed by atoms with Crippen LogP contribution < -0.4 is 0 Å². The first-order valence-corrected chi connectivity index (χ1v) is 5.19. The van der Waals surface area contributed by atoms with Crippen molar-refractivity contribution in [1.29, 1.82) is 0 Å². The average Bonchev–Trinajstić information content (AvgIpc) is 2.22. The van der Waals surface area contributed by atoms with Gasteiger partial charge >= 0.3 is 5.97 Å². The Morgan fingerprint density at radius 3 is 2.20 bits per heavy atom. The summed E-state index contributed by atoms with van der Waals surface area (Å²) < 4.78 is 0. The molecular formula is C10H20N2O3. The van der Waals surface area contributed by atoms with E-state index in [4.69, 9.17) is 5.11 Å². The van der Waals surface area contributed by atoms with Crippen molar-refractivity contribution in [2.75, 3.05) is 33.2 Å². The van der Waals surface area contributed by atoms with E-state index < -0.39 is 5.97 Å². The fraction of sp³-hybridized carbons (Fsp3) is 0.800. The smallest absolute Gasteiger partial charge is 0.304 e. The summed E-state index contributed by atoms with van der Waals surface area (Å²) in [5.41, 5.74) is 0. The molecule has 0 saturated carbocycles. The zero-order valence-corrected chi connectivity index (χ0v) is 9.69. The maximum Gasteiger partial charge on any atom is 0.304 e. The number of carbonyl (C=O) groups excluding carboxylic acids is 1. The van der Waals surface area contributed by atoms with Crippen LogP contribution in [-0.2, 0) is 9.59 Å². The van der Waals surface area contributed by atoms with Crippen LogP contribution in [0.4, 0.5) is 0 Å². The molecule has 0 radical (unpaired) electrons. The first-order chi connectivity index (χ1) is 7.01. The first kappa shape index (κ1) is 13.9. The standard InChI is InChI=1S/C10H20N2O3/c1-4-11(3)9(13)8-12(5-2)7-6-10(14)15/h4-8H2,1-3H3,(H,14,15). The Hall–Kier alpha value is -1.10. The SMILES string of the molecule is CCN(CCC(=O)O)CC(=O)N(C)CC. The Labute approximate surface area is 90.7 Å². The van der Waals surface area contributed by atoms with E-state index in [0.29, 0.717) is 26.2 Å². The zero-order valence-electron chi connectivity index (χ0n) is 9.69. The lowest BCUT2D eigenvalue weighted by Gasteiger charge is -2.22. The second-order valence-corrected chi connectivity index (χ2v) is 3.42. The predicted molar refractivity (Wildman–Crippen MR) is 57.7 cm³/mol. The molecule has 0 unspecified atom stereocenters. The van der Waals surface area contributed by atoms with Crippen LogP contribution in [0.5, 0.6) is 0 Å². The average molecular weight is 216 g/mol. The van der Waals surface area contributed by atoms with Gasteiger partial charge in [-0.15, -0.1) is 0 Å². The van der Waals surface area contributed by atoms with Crippen molar-refractivity contribution in [2.24, 2.45) is 0 Å². The summed E-state index contributed by atoms with van der Waals surface area (Å²) in [6, 6.07) is 0. The first-order valence-electron chi connectivity index (χ1n) is 5.19. The van der Waals surface area contributed by atoms with E-state index in [-0.39, 0.29) is 12.3 Å². The molecule has 0 bridgehead atoms. The Kier molecular flexibility index (Phi) is 6.70. The van der Waals surface area contributed by atoms with Gasteiger partial charge in [0.05, 0.1) is 13.0 Å². The number of hydrogen-bond acceptors (Lipinski definition) is 3. The van der Waals surface area contributed by atoms with E-state index in [0.717, 1.165) is 0 Å². The van der Waals surface area contributed by atoms with E-state index in [1.807, 2.05) is 18.7 Å². The number of rotatable bonds is 7. The second-order valence-electron chi connectivity index (χ2n) is 3.42. The molecular weight excluding hydrogens is 196 g/mol. The van der Waals surface area contributed by atoms with Gasteiger partial charge in [-0.1, -0.05) is 6.92 Å². The number of amides is 1. The normalized spacial score (nSPS) is 10.4. The highest BCUT2D eigenvalue weighted by Gasteiger charge is 2.12. The molecule has 0 aliphatic heterocycles. The lowest BCUT2D eigenvalue weighted by Crippen LogP contribution is -2.39. The quantitative estimate of drug-likeness (QED) is 0.663. The molecule has 5 heteroatoms. The number of carbonyl (C=O) groups is 2. The number of likely N-dealkylation sites (N-methyl/N-ethyl adjacent to an activating group) is 2. The molecule has 1 N–H and O–H groups in total. The van der Waals surface area contributed by atoms with Crippen LogP contribution in [0.25, 0.3) is 0 Å². The highest BCUT2D eigenvalue weighted by molar-refractivity contribution is 5.78. The van der Waals surface area contributed by atoms with Gasteiger partial charge in [-0.3, -0.25) is 14.5 Å². The highest BCUT2D eigenvalue weighted by atomic mass is 16.4. The van der Waals surface area contributed by atoms with Crippen molar-refractivity contribution in [2.45, 2.75) is 20.3 Å². The van der Waals surface area contributed by atoms with Crippen LogP contribution in [0.2, 0.25) is 0 Å². The number of carboxylic acid groups (broad SMARTS) is 1. The van der Waals surface area contributed by atoms with Crippen molar-refractivity contribution >= 4 is 11.9 Å². The number of nitrogens with zero attached hydrogens (tertiary/aromatic N) is 2. The summed E-state index contributed by atoms with van der Waals surface area (Å²) in [6.07, 6.45) is 0.0803. The molecule has 0 aliphatic rings. The molecule has 0 aromatic heterocycles. The van der Waals surface area contributed by atoms with Crippen LogP contribution in [0.3, 0.4) is 0 Å². The largest absolute Gasteiger partial charge is 0.481 e. The summed E-state index contributed by atoms with van der Waals surface area (Å²) >= 11 is 0. The van der Waals surface area contributed by atoms with Crippen LogP contribution >= 0.6 is 0 Å². The van der Waals surface area contributed by atoms with Gasteiger partial charge in [-0.2, -0.15) is 0 Å². The van der Waals surface area contributed by atoms with E-state index in [1.54, 1.807) is 11.9 Å². The Bertz CT molecular complexity index is 219. The number of aliphatic carboxylic acids is 1. The van der Waals surface area contributed by atoms with Crippen LogP contribution in [0.15, 0.2) is 0 Å². The fourth-order valence-corrected chi connectivity index (χ4v) is 1.09. The molecule has 0 fully saturated rings. The molecule has 88 valence electrons. The van der Waals surface area contributed by atoms with E-state index in [9.17, 15) is 9.59 Å². The molecule has 5 nitrogen and oxygen atoms in total. The van der Waals surface area contributed by atoms with Crippen molar-refractivity contribution < 1.29 is 14.7 Å². The molecule has 0 saturated heterocycles. The van der Waals surface area contributed by atoms with E-state index in [1.165, 1.54) is 0 Å². The van der Waals surface area contributed by atoms with Gasteiger partial charge in [0.2, 0.25) is 5.91 Å². The maximum absolute atomic E-state index is 11.5. The van der Waals surface area contributed by atoms with Gasteiger partial charge in [-0.25, -0.2) is 0 Å². The third kappa shape index (κ3) is 6.06. The third-order valence-corrected chi connectivity index (χ3v) is 2.35. The van der Waals surface area contributed by atoms with Gasteiger partial charge < -0.3 is 10.0 Å². The predicted octanol–water partition coefficient (Wildman–Crippen LogP) is 0.261. The summed E-state index contributed by atoms with van der Waals surface area (Å²) in [5, 5.41) is 8.53. The molecule has 0 aliphatic carbocycles. The summed E-state index contributed by atoms with van der Waals surface area (Å²) in [4.78, 5) is 25.4. The van der Waals surface area contributed by atoms with Crippen molar-refractivity contribution in [1.82, 2.24) is 9.80 Å². The highest BCUT2D eigenvalue weighted by Crippen LogP contribution is 1.94. The van der Waals surface area contributed by atoms with Gasteiger partial charge in [-0.05, 0) is 13.5 Å². The van der Waals surface area contributed by atoms with Crippen molar-refractivity contribution in [3.05, 3.63) is 0 Å². The Morgan fingerprint density at radius 2 is 1.80 bits per heavy atom. The van der Waals surface area contributed by atoms with E-state index >= 15 is 0 Å². The lowest BCUT2D eigenvalue weighted by atomic mass is 10.3. The van der Waals surface area contributed by atoms with Gasteiger partial charge in [0.25, 0.3) is 0 Å². The molecule has 15 heavy (non-hydrogen) atoms. The molecule has 0 aromatic carbocycles. The van der Waals surface area contributed by atoms with Crippen LogP contribution in [-0.4, -0.2) is 60.0 Å². The molecule has 0 aromatic rings. The summed E-state index contributed by atoms with van der Waals surface area (Å²) in [6.45, 7) is 5.92. The van der Waals surface area contributed by atoms with Gasteiger partial charge in [0.1, 0.15) is 0 Å². The topological polar surface area (TPSA) is 60.9 Å². The Balaban J connectivity index is 3.98. The minimum absolute atomic E-state index is 0.0322. The van der Waals surface area contributed by atoms with Crippen molar-refractivity contribution in [3.8, 4) is 0 Å². The summed E-state index contributed by atoms with van der Waals surface area (Å²) in [5.74, 6) is -0.797. The van der Waals surface area contributed by atoms with Gasteiger partial charge in [0, 0.05) is 20.1 Å². The lowest BCUT2D eigenvalue weighted by molar-refractivity contribution is -0.138. The second kappa shape index (κ2) is 7.23. The third-order valence-electron chi connectivity index (χ3n) is 2.35. The van der Waals surface area contributed by atoms with E-state index in [2.05, 4.69) is 0 Å². The van der Waals surface area contributed by atoms with Gasteiger partial charge in [0.15, 0.2) is 0 Å². The molecule has 0 spiro atoms. The number of hydrogen-bond donors (Lipinski definition) is 1. The monoisotopic (exact) mass is 216 g/mol.